The van der Waals surface area contributed by atoms with E-state index in [1.807, 2.05) is 11.2 Å². The molecule has 2 atom stereocenters. The van der Waals surface area contributed by atoms with Crippen LogP contribution in [0.3, 0.4) is 0 Å². The van der Waals surface area contributed by atoms with Crippen LogP contribution in [0.25, 0.3) is 0 Å². The Hall–Kier alpha value is -1.07. The van der Waals surface area contributed by atoms with Gasteiger partial charge in [-0.2, -0.15) is 11.8 Å². The van der Waals surface area contributed by atoms with Crippen LogP contribution in [-0.4, -0.2) is 35.4 Å². The van der Waals surface area contributed by atoms with Gasteiger partial charge in [-0.1, -0.05) is 19.1 Å². The average Bonchev–Trinajstić information content (AvgIpc) is 2.79. The number of nitrogens with zero attached hydrogens (tertiary/aromatic N) is 1. The van der Waals surface area contributed by atoms with E-state index in [0.717, 1.165) is 17.7 Å². The van der Waals surface area contributed by atoms with E-state index in [1.165, 1.54) is 12.1 Å². The van der Waals surface area contributed by atoms with Gasteiger partial charge in [0.1, 0.15) is 12.0 Å². The van der Waals surface area contributed by atoms with Crippen LogP contribution in [0.2, 0.25) is 0 Å². The predicted octanol–water partition coefficient (Wildman–Crippen LogP) is 2.40. The number of hydrogen-bond acceptors (Lipinski definition) is 3. The van der Waals surface area contributed by atoms with Crippen molar-refractivity contribution in [2.75, 3.05) is 18.6 Å². The van der Waals surface area contributed by atoms with E-state index >= 15 is 0 Å². The lowest BCUT2D eigenvalue weighted by atomic mass is 10.1. The number of halogens is 1. The standard InChI is InChI=1S/C14H19FN2OS/c1-3-12(9-19-2)17-13(18)8-16-14(17)10-4-6-11(15)7-5-10/h4-7,12,14,16H,3,8-9H2,1-2H3. The minimum absolute atomic E-state index is 0.121. The molecule has 1 heterocycles. The molecular weight excluding hydrogens is 263 g/mol. The number of hydrogen-bond donors (Lipinski definition) is 1. The van der Waals surface area contributed by atoms with Gasteiger partial charge in [0.2, 0.25) is 5.91 Å². The first-order valence-electron chi connectivity index (χ1n) is 6.46. The van der Waals surface area contributed by atoms with Crippen molar-refractivity contribution >= 4 is 17.7 Å². The molecule has 2 rings (SSSR count). The smallest absolute Gasteiger partial charge is 0.238 e. The Morgan fingerprint density at radius 2 is 2.16 bits per heavy atom. The van der Waals surface area contributed by atoms with Crippen molar-refractivity contribution in [3.05, 3.63) is 35.6 Å². The summed E-state index contributed by atoms with van der Waals surface area (Å²) in [6.07, 6.45) is 2.83. The van der Waals surface area contributed by atoms with Crippen LogP contribution < -0.4 is 5.32 Å². The zero-order valence-corrected chi connectivity index (χ0v) is 12.0. The van der Waals surface area contributed by atoms with E-state index in [-0.39, 0.29) is 23.9 Å². The van der Waals surface area contributed by atoms with Crippen molar-refractivity contribution in [2.24, 2.45) is 0 Å². The third kappa shape index (κ3) is 3.09. The SMILES string of the molecule is CCC(CSC)N1C(=O)CNC1c1ccc(F)cc1. The van der Waals surface area contributed by atoms with Gasteiger partial charge in [-0.15, -0.1) is 0 Å². The second-order valence-corrected chi connectivity index (χ2v) is 5.56. The number of nitrogens with one attached hydrogen (secondary N) is 1. The molecule has 0 saturated carbocycles. The van der Waals surface area contributed by atoms with Gasteiger partial charge in [0.15, 0.2) is 0 Å². The molecule has 1 aliphatic rings. The van der Waals surface area contributed by atoms with Crippen molar-refractivity contribution in [3.63, 3.8) is 0 Å². The van der Waals surface area contributed by atoms with Crippen molar-refractivity contribution in [2.45, 2.75) is 25.6 Å². The Morgan fingerprint density at radius 3 is 2.74 bits per heavy atom. The van der Waals surface area contributed by atoms with E-state index < -0.39 is 0 Å². The molecule has 0 aromatic heterocycles. The normalized spacial score (nSPS) is 20.9. The van der Waals surface area contributed by atoms with Gasteiger partial charge in [0.05, 0.1) is 6.54 Å². The summed E-state index contributed by atoms with van der Waals surface area (Å²) in [6.45, 7) is 2.45. The molecule has 1 aromatic rings. The second kappa shape index (κ2) is 6.39. The van der Waals surface area contributed by atoms with Crippen LogP contribution in [-0.2, 0) is 4.79 Å². The maximum Gasteiger partial charge on any atom is 0.238 e. The van der Waals surface area contributed by atoms with Crippen LogP contribution in [0.4, 0.5) is 4.39 Å². The molecule has 1 aliphatic heterocycles. The third-order valence-corrected chi connectivity index (χ3v) is 4.14. The Bertz CT molecular complexity index is 438. The first-order valence-corrected chi connectivity index (χ1v) is 7.85. The van der Waals surface area contributed by atoms with Crippen LogP contribution >= 0.6 is 11.8 Å². The Balaban J connectivity index is 2.23. The lowest BCUT2D eigenvalue weighted by Gasteiger charge is -2.32. The molecule has 1 N–H and O–H groups in total. The molecular formula is C14H19FN2OS. The fourth-order valence-corrected chi connectivity index (χ4v) is 3.22. The second-order valence-electron chi connectivity index (χ2n) is 4.65. The van der Waals surface area contributed by atoms with Crippen LogP contribution in [0.1, 0.15) is 25.1 Å². The molecule has 0 spiro atoms. The van der Waals surface area contributed by atoms with Crippen molar-refractivity contribution in [3.8, 4) is 0 Å². The molecule has 1 amide bonds. The molecule has 1 saturated heterocycles. The highest BCUT2D eigenvalue weighted by molar-refractivity contribution is 7.98. The third-order valence-electron chi connectivity index (χ3n) is 3.42. The minimum atomic E-state index is -0.254. The fraction of sp³-hybridized carbons (Fsp3) is 0.500. The van der Waals surface area contributed by atoms with E-state index in [9.17, 15) is 9.18 Å². The summed E-state index contributed by atoms with van der Waals surface area (Å²) in [7, 11) is 0. The van der Waals surface area contributed by atoms with Gasteiger partial charge in [0.25, 0.3) is 0 Å². The van der Waals surface area contributed by atoms with E-state index in [0.29, 0.717) is 6.54 Å². The molecule has 1 fully saturated rings. The summed E-state index contributed by atoms with van der Waals surface area (Å²) in [4.78, 5) is 14.0. The Labute approximate surface area is 117 Å². The van der Waals surface area contributed by atoms with Gasteiger partial charge < -0.3 is 4.90 Å². The molecule has 5 heteroatoms. The number of carbonyl (C=O) groups is 1. The highest BCUT2D eigenvalue weighted by atomic mass is 32.2. The van der Waals surface area contributed by atoms with E-state index in [1.54, 1.807) is 23.9 Å². The van der Waals surface area contributed by atoms with Gasteiger partial charge in [-0.05, 0) is 30.4 Å². The summed E-state index contributed by atoms with van der Waals surface area (Å²) in [5.74, 6) is 0.785. The van der Waals surface area contributed by atoms with E-state index in [2.05, 4.69) is 12.2 Å². The van der Waals surface area contributed by atoms with E-state index in [4.69, 9.17) is 0 Å². The molecule has 0 radical (unpaired) electrons. The molecule has 0 bridgehead atoms. The van der Waals surface area contributed by atoms with Crippen molar-refractivity contribution in [1.29, 1.82) is 0 Å². The van der Waals surface area contributed by atoms with Gasteiger partial charge in [0, 0.05) is 11.8 Å². The highest BCUT2D eigenvalue weighted by Crippen LogP contribution is 2.27. The number of amides is 1. The summed E-state index contributed by atoms with van der Waals surface area (Å²) in [5.41, 5.74) is 0.937. The first kappa shape index (κ1) is 14.3. The van der Waals surface area contributed by atoms with Crippen molar-refractivity contribution < 1.29 is 9.18 Å². The summed E-state index contributed by atoms with van der Waals surface area (Å²) >= 11 is 1.74. The van der Waals surface area contributed by atoms with Crippen molar-refractivity contribution in [1.82, 2.24) is 10.2 Å². The number of benzene rings is 1. The van der Waals surface area contributed by atoms with Crippen LogP contribution in [0, 0.1) is 5.82 Å². The molecule has 3 nitrogen and oxygen atoms in total. The first-order chi connectivity index (χ1) is 9.17. The molecule has 104 valence electrons. The van der Waals surface area contributed by atoms with Gasteiger partial charge >= 0.3 is 0 Å². The molecule has 1 aromatic carbocycles. The zero-order valence-electron chi connectivity index (χ0n) is 11.2. The topological polar surface area (TPSA) is 32.3 Å². The largest absolute Gasteiger partial charge is 0.318 e. The summed E-state index contributed by atoms with van der Waals surface area (Å²) in [6, 6.07) is 6.57. The summed E-state index contributed by atoms with van der Waals surface area (Å²) in [5, 5.41) is 3.21. The lowest BCUT2D eigenvalue weighted by molar-refractivity contribution is -0.130. The Kier molecular flexibility index (Phi) is 4.82. The maximum absolute atomic E-state index is 13.0. The zero-order chi connectivity index (χ0) is 13.8. The maximum atomic E-state index is 13.0. The lowest BCUT2D eigenvalue weighted by Crippen LogP contribution is -2.40. The van der Waals surface area contributed by atoms with Gasteiger partial charge in [-0.25, -0.2) is 4.39 Å². The van der Waals surface area contributed by atoms with Gasteiger partial charge in [-0.3, -0.25) is 10.1 Å². The number of rotatable bonds is 5. The minimum Gasteiger partial charge on any atom is -0.318 e. The number of carbonyl (C=O) groups excluding carboxylic acids is 1. The summed E-state index contributed by atoms with van der Waals surface area (Å²) < 4.78 is 13.0. The fourth-order valence-electron chi connectivity index (χ4n) is 2.44. The molecule has 0 aliphatic carbocycles. The van der Waals surface area contributed by atoms with Crippen LogP contribution in [0.5, 0.6) is 0 Å². The highest BCUT2D eigenvalue weighted by Gasteiger charge is 2.35. The molecule has 2 unspecified atom stereocenters. The average molecular weight is 282 g/mol. The van der Waals surface area contributed by atoms with Crippen LogP contribution in [0.15, 0.2) is 24.3 Å². The Morgan fingerprint density at radius 1 is 1.47 bits per heavy atom. The quantitative estimate of drug-likeness (QED) is 0.900. The monoisotopic (exact) mass is 282 g/mol. The molecule has 19 heavy (non-hydrogen) atoms. The number of thioether (sulfide) groups is 1. The predicted molar refractivity (Wildman–Crippen MR) is 76.5 cm³/mol.